The monoisotopic (exact) mass is 616 g/mol. The van der Waals surface area contributed by atoms with E-state index in [0.717, 1.165) is 28.9 Å². The Morgan fingerprint density at radius 3 is 1.38 bits per heavy atom. The van der Waals surface area contributed by atoms with Crippen molar-refractivity contribution < 1.29 is 0 Å². The molecule has 0 spiro atoms. The van der Waals surface area contributed by atoms with Crippen LogP contribution < -0.4 is 0 Å². The molecule has 2 heteroatoms. The SMILES string of the molecule is CCCCc1ccc(-c2ccc3c(-c4ccc(-c5ccccn5)cc4)c4ccccc4c(-c4ccc(-c5ccccn5)cc4)c3c2)cc1. The van der Waals surface area contributed by atoms with Crippen LogP contribution in [-0.2, 0) is 6.42 Å². The lowest BCUT2D eigenvalue weighted by molar-refractivity contribution is 0.795. The quantitative estimate of drug-likeness (QED) is 0.159. The normalized spacial score (nSPS) is 11.3. The molecule has 0 amide bonds. The third-order valence-electron chi connectivity index (χ3n) is 9.40. The first-order valence-corrected chi connectivity index (χ1v) is 16.9. The molecule has 0 aliphatic carbocycles. The lowest BCUT2D eigenvalue weighted by atomic mass is 9.84. The summed E-state index contributed by atoms with van der Waals surface area (Å²) in [6, 6.07) is 54.9. The van der Waals surface area contributed by atoms with Crippen LogP contribution in [0.1, 0.15) is 25.3 Å². The smallest absolute Gasteiger partial charge is 0.0701 e. The number of pyridine rings is 2. The summed E-state index contributed by atoms with van der Waals surface area (Å²) in [7, 11) is 0. The molecule has 2 aromatic heterocycles. The van der Waals surface area contributed by atoms with Crippen LogP contribution in [0.2, 0.25) is 0 Å². The van der Waals surface area contributed by atoms with Crippen molar-refractivity contribution in [3.8, 4) is 55.9 Å². The van der Waals surface area contributed by atoms with E-state index in [0.29, 0.717) is 0 Å². The number of aromatic nitrogens is 2. The number of fused-ring (bicyclic) bond motifs is 2. The zero-order chi connectivity index (χ0) is 32.3. The van der Waals surface area contributed by atoms with Gasteiger partial charge in [-0.2, -0.15) is 0 Å². The summed E-state index contributed by atoms with van der Waals surface area (Å²) >= 11 is 0. The number of unbranched alkanes of at least 4 members (excludes halogenated alkanes) is 1. The molecule has 6 aromatic carbocycles. The maximum absolute atomic E-state index is 4.59. The van der Waals surface area contributed by atoms with Gasteiger partial charge in [-0.25, -0.2) is 0 Å². The first-order chi connectivity index (χ1) is 23.8. The van der Waals surface area contributed by atoms with E-state index in [4.69, 9.17) is 0 Å². The molecule has 230 valence electrons. The van der Waals surface area contributed by atoms with Crippen molar-refractivity contribution in [3.63, 3.8) is 0 Å². The largest absolute Gasteiger partial charge is 0.256 e. The molecule has 0 aliphatic rings. The van der Waals surface area contributed by atoms with Crippen molar-refractivity contribution in [2.45, 2.75) is 26.2 Å². The van der Waals surface area contributed by atoms with Crippen molar-refractivity contribution in [1.82, 2.24) is 9.97 Å². The van der Waals surface area contributed by atoms with Gasteiger partial charge in [0.15, 0.2) is 0 Å². The zero-order valence-electron chi connectivity index (χ0n) is 27.1. The van der Waals surface area contributed by atoms with Crippen molar-refractivity contribution >= 4 is 21.5 Å². The van der Waals surface area contributed by atoms with E-state index >= 15 is 0 Å². The Labute approximate surface area is 282 Å². The topological polar surface area (TPSA) is 25.8 Å². The second-order valence-corrected chi connectivity index (χ2v) is 12.4. The van der Waals surface area contributed by atoms with Crippen molar-refractivity contribution in [3.05, 3.63) is 170 Å². The maximum Gasteiger partial charge on any atom is 0.0701 e. The van der Waals surface area contributed by atoms with Crippen molar-refractivity contribution in [1.29, 1.82) is 0 Å². The Hall–Kier alpha value is -5.86. The Morgan fingerprint density at radius 2 is 0.854 bits per heavy atom. The van der Waals surface area contributed by atoms with E-state index in [1.807, 2.05) is 36.7 Å². The van der Waals surface area contributed by atoms with Crippen LogP contribution in [-0.4, -0.2) is 9.97 Å². The highest BCUT2D eigenvalue weighted by molar-refractivity contribution is 6.22. The first kappa shape index (κ1) is 29.5. The molecule has 0 unspecified atom stereocenters. The molecular formula is C46H36N2. The summed E-state index contributed by atoms with van der Waals surface area (Å²) in [6.45, 7) is 2.25. The molecule has 0 saturated heterocycles. The zero-order valence-corrected chi connectivity index (χ0v) is 27.1. The Bertz CT molecular complexity index is 2320. The van der Waals surface area contributed by atoms with Crippen LogP contribution in [0.25, 0.3) is 77.4 Å². The summed E-state index contributed by atoms with van der Waals surface area (Å²) in [5, 5.41) is 4.97. The van der Waals surface area contributed by atoms with Gasteiger partial charge in [0, 0.05) is 23.5 Å². The van der Waals surface area contributed by atoms with Gasteiger partial charge in [0.05, 0.1) is 11.4 Å². The molecule has 8 aromatic rings. The third kappa shape index (κ3) is 5.67. The molecule has 0 aliphatic heterocycles. The van der Waals surface area contributed by atoms with Gasteiger partial charge >= 0.3 is 0 Å². The fourth-order valence-corrected chi connectivity index (χ4v) is 6.91. The van der Waals surface area contributed by atoms with E-state index in [1.54, 1.807) is 0 Å². The summed E-state index contributed by atoms with van der Waals surface area (Å²) in [5.41, 5.74) is 12.9. The average Bonchev–Trinajstić information content (AvgIpc) is 3.17. The van der Waals surface area contributed by atoms with Gasteiger partial charge in [0.1, 0.15) is 0 Å². The summed E-state index contributed by atoms with van der Waals surface area (Å²) in [5.74, 6) is 0. The molecule has 0 atom stereocenters. The number of hydrogen-bond acceptors (Lipinski definition) is 2. The van der Waals surface area contributed by atoms with Crippen LogP contribution in [0.4, 0.5) is 0 Å². The van der Waals surface area contributed by atoms with Crippen molar-refractivity contribution in [2.75, 3.05) is 0 Å². The molecular weight excluding hydrogens is 581 g/mol. The molecule has 8 rings (SSSR count). The summed E-state index contributed by atoms with van der Waals surface area (Å²) in [6.07, 6.45) is 7.25. The lowest BCUT2D eigenvalue weighted by Crippen LogP contribution is -1.92. The van der Waals surface area contributed by atoms with Gasteiger partial charge in [-0.3, -0.25) is 9.97 Å². The minimum Gasteiger partial charge on any atom is -0.256 e. The highest BCUT2D eigenvalue weighted by Gasteiger charge is 2.18. The molecule has 2 nitrogen and oxygen atoms in total. The molecule has 48 heavy (non-hydrogen) atoms. The number of aryl methyl sites for hydroxylation is 1. The van der Waals surface area contributed by atoms with Gasteiger partial charge in [-0.1, -0.05) is 135 Å². The number of hydrogen-bond donors (Lipinski definition) is 0. The molecule has 0 saturated carbocycles. The molecule has 0 bridgehead atoms. The maximum atomic E-state index is 4.59. The van der Waals surface area contributed by atoms with E-state index in [9.17, 15) is 0 Å². The van der Waals surface area contributed by atoms with Gasteiger partial charge < -0.3 is 0 Å². The molecule has 2 heterocycles. The van der Waals surface area contributed by atoms with Crippen molar-refractivity contribution in [2.24, 2.45) is 0 Å². The fourth-order valence-electron chi connectivity index (χ4n) is 6.91. The number of benzene rings is 6. The summed E-state index contributed by atoms with van der Waals surface area (Å²) in [4.78, 5) is 9.16. The number of nitrogens with zero attached hydrogens (tertiary/aromatic N) is 2. The Balaban J connectivity index is 1.34. The molecule has 0 fully saturated rings. The Kier molecular flexibility index (Phi) is 8.06. The van der Waals surface area contributed by atoms with Gasteiger partial charge in [-0.15, -0.1) is 0 Å². The standard InChI is InChI=1S/C46H36N2/c1-2-3-10-32-15-17-33(18-16-32)38-27-28-41-42(31-38)46(37-25-21-35(22-26-37)44-14-7-9-30-48-44)40-12-5-4-11-39(40)45(41)36-23-19-34(20-24-36)43-13-6-8-29-47-43/h4-9,11-31H,2-3,10H2,1H3. The van der Waals surface area contributed by atoms with Gasteiger partial charge in [0.2, 0.25) is 0 Å². The lowest BCUT2D eigenvalue weighted by Gasteiger charge is -2.19. The summed E-state index contributed by atoms with van der Waals surface area (Å²) < 4.78 is 0. The molecule has 0 radical (unpaired) electrons. The van der Waals surface area contributed by atoms with Gasteiger partial charge in [-0.05, 0) is 104 Å². The van der Waals surface area contributed by atoms with Crippen LogP contribution in [0.15, 0.2) is 164 Å². The Morgan fingerprint density at radius 1 is 0.396 bits per heavy atom. The second kappa shape index (κ2) is 13.1. The van der Waals surface area contributed by atoms with E-state index in [1.165, 1.54) is 73.3 Å². The van der Waals surface area contributed by atoms with E-state index < -0.39 is 0 Å². The van der Waals surface area contributed by atoms with Crippen LogP contribution in [0.5, 0.6) is 0 Å². The first-order valence-electron chi connectivity index (χ1n) is 16.9. The third-order valence-corrected chi connectivity index (χ3v) is 9.40. The highest BCUT2D eigenvalue weighted by Crippen LogP contribution is 2.45. The van der Waals surface area contributed by atoms with Crippen LogP contribution in [0, 0.1) is 0 Å². The molecule has 0 N–H and O–H groups in total. The van der Waals surface area contributed by atoms with E-state index in [-0.39, 0.29) is 0 Å². The number of rotatable bonds is 8. The predicted octanol–water partition coefficient (Wildman–Crippen LogP) is 12.5. The minimum atomic E-state index is 0.980. The fraction of sp³-hybridized carbons (Fsp3) is 0.0870. The van der Waals surface area contributed by atoms with Gasteiger partial charge in [0.25, 0.3) is 0 Å². The average molecular weight is 617 g/mol. The highest BCUT2D eigenvalue weighted by atomic mass is 14.7. The second-order valence-electron chi connectivity index (χ2n) is 12.4. The van der Waals surface area contributed by atoms with Crippen LogP contribution in [0.3, 0.4) is 0 Å². The predicted molar refractivity (Wildman–Crippen MR) is 203 cm³/mol. The van der Waals surface area contributed by atoms with E-state index in [2.05, 4.69) is 144 Å². The minimum absolute atomic E-state index is 0.980. The van der Waals surface area contributed by atoms with Crippen LogP contribution >= 0.6 is 0 Å².